The van der Waals surface area contributed by atoms with E-state index in [0.29, 0.717) is 34.8 Å². The molecule has 0 N–H and O–H groups in total. The van der Waals surface area contributed by atoms with Crippen LogP contribution in [0.1, 0.15) is 22.3 Å². The molecule has 0 unspecified atom stereocenters. The van der Waals surface area contributed by atoms with Gasteiger partial charge >= 0.3 is 5.97 Å². The van der Waals surface area contributed by atoms with Crippen LogP contribution in [0.4, 0.5) is 5.69 Å². The fourth-order valence-electron chi connectivity index (χ4n) is 3.32. The minimum absolute atomic E-state index is 0.0174. The van der Waals surface area contributed by atoms with E-state index in [2.05, 4.69) is 27.6 Å². The monoisotopic (exact) mass is 570 g/mol. The smallest absolute Gasteiger partial charge is 0.363 e. The van der Waals surface area contributed by atoms with Crippen molar-refractivity contribution in [2.24, 2.45) is 4.99 Å². The van der Waals surface area contributed by atoms with Crippen LogP contribution in [0.25, 0.3) is 6.08 Å². The molecule has 3 aromatic carbocycles. The number of carbonyl (C=O) groups excluding carboxylic acids is 1. The van der Waals surface area contributed by atoms with Gasteiger partial charge in [-0.15, -0.1) is 0 Å². The first-order valence-electron chi connectivity index (χ1n) is 10.2. The molecule has 1 aliphatic heterocycles. The van der Waals surface area contributed by atoms with Gasteiger partial charge in [0.05, 0.1) is 15.6 Å². The van der Waals surface area contributed by atoms with Gasteiger partial charge in [0.2, 0.25) is 5.90 Å². The number of ether oxygens (including phenoxy) is 3. The van der Waals surface area contributed by atoms with Crippen LogP contribution < -0.4 is 9.47 Å². The molecule has 0 atom stereocenters. The minimum Gasteiger partial charge on any atom is -0.493 e. The third kappa shape index (κ3) is 5.09. The maximum atomic E-state index is 12.4. The van der Waals surface area contributed by atoms with Crippen LogP contribution in [0, 0.1) is 20.6 Å². The number of carbonyl (C=O) groups is 1. The molecule has 172 valence electrons. The summed E-state index contributed by atoms with van der Waals surface area (Å²) in [6, 6.07) is 17.9. The molecule has 8 nitrogen and oxygen atoms in total. The van der Waals surface area contributed by atoms with Crippen LogP contribution >= 0.6 is 22.6 Å². The molecule has 1 heterocycles. The van der Waals surface area contributed by atoms with Gasteiger partial charge in [0.1, 0.15) is 6.61 Å². The molecule has 0 aliphatic carbocycles. The molecule has 0 amide bonds. The molecular weight excluding hydrogens is 551 g/mol. The zero-order chi connectivity index (χ0) is 24.2. The Kier molecular flexibility index (Phi) is 6.92. The second kappa shape index (κ2) is 10.0. The van der Waals surface area contributed by atoms with Gasteiger partial charge in [-0.3, -0.25) is 10.1 Å². The van der Waals surface area contributed by atoms with E-state index in [4.69, 9.17) is 14.2 Å². The third-order valence-electron chi connectivity index (χ3n) is 5.05. The molecule has 0 fully saturated rings. The van der Waals surface area contributed by atoms with Gasteiger partial charge in [-0.25, -0.2) is 9.79 Å². The van der Waals surface area contributed by atoms with Crippen molar-refractivity contribution in [3.63, 3.8) is 0 Å². The number of hydrogen-bond acceptors (Lipinski definition) is 7. The number of aryl methyl sites for hydroxylation is 1. The van der Waals surface area contributed by atoms with Crippen LogP contribution in [0.5, 0.6) is 11.5 Å². The summed E-state index contributed by atoms with van der Waals surface area (Å²) in [7, 11) is 1.54. The van der Waals surface area contributed by atoms with Crippen LogP contribution in [0.15, 0.2) is 71.4 Å². The molecule has 34 heavy (non-hydrogen) atoms. The highest BCUT2D eigenvalue weighted by atomic mass is 127. The van der Waals surface area contributed by atoms with E-state index < -0.39 is 10.9 Å². The quantitative estimate of drug-likeness (QED) is 0.123. The summed E-state index contributed by atoms with van der Waals surface area (Å²) < 4.78 is 17.6. The Hall–Kier alpha value is -3.73. The lowest BCUT2D eigenvalue weighted by molar-refractivity contribution is -0.385. The summed E-state index contributed by atoms with van der Waals surface area (Å²) in [4.78, 5) is 27.4. The fourth-order valence-corrected chi connectivity index (χ4v) is 4.10. The number of hydrogen-bond donors (Lipinski definition) is 0. The Morgan fingerprint density at radius 3 is 2.62 bits per heavy atom. The molecule has 0 spiro atoms. The lowest BCUT2D eigenvalue weighted by Gasteiger charge is -2.13. The second-order valence-corrected chi connectivity index (χ2v) is 8.57. The molecule has 0 saturated carbocycles. The third-order valence-corrected chi connectivity index (χ3v) is 5.86. The maximum absolute atomic E-state index is 12.4. The highest BCUT2D eigenvalue weighted by molar-refractivity contribution is 14.1. The fraction of sp³-hybridized carbons (Fsp3) is 0.120. The molecule has 0 radical (unpaired) electrons. The number of halogens is 1. The van der Waals surface area contributed by atoms with Crippen molar-refractivity contribution in [3.8, 4) is 11.5 Å². The number of cyclic esters (lactones) is 1. The van der Waals surface area contributed by atoms with Crippen LogP contribution in [0.3, 0.4) is 0 Å². The Balaban J connectivity index is 1.61. The molecule has 9 heteroatoms. The normalized spacial score (nSPS) is 14.0. The number of nitro groups is 1. The molecule has 4 rings (SSSR count). The first kappa shape index (κ1) is 23.4. The standard InChI is InChI=1S/C25H19IN2O6/c1-15-8-9-18(13-21(15)28(30)31)24-27-20(25(29)34-24)11-17-10-19(26)23(22(12-17)32-2)33-14-16-6-4-3-5-7-16/h3-13H,14H2,1-2H3/b20-11-. The van der Waals surface area contributed by atoms with Gasteiger partial charge in [-0.2, -0.15) is 0 Å². The SMILES string of the molecule is COc1cc(/C=C2\N=C(c3ccc(C)c([N+](=O)[O-])c3)OC2=O)cc(I)c1OCc1ccccc1. The summed E-state index contributed by atoms with van der Waals surface area (Å²) in [5.41, 5.74) is 2.56. The van der Waals surface area contributed by atoms with E-state index in [9.17, 15) is 14.9 Å². The van der Waals surface area contributed by atoms with E-state index in [0.717, 1.165) is 9.13 Å². The van der Waals surface area contributed by atoms with Gasteiger partial charge < -0.3 is 14.2 Å². The van der Waals surface area contributed by atoms with E-state index >= 15 is 0 Å². The Morgan fingerprint density at radius 2 is 1.91 bits per heavy atom. The number of aliphatic imine (C=N–C) groups is 1. The molecule has 1 aliphatic rings. The van der Waals surface area contributed by atoms with Crippen LogP contribution in [-0.4, -0.2) is 23.9 Å². The van der Waals surface area contributed by atoms with E-state index in [1.165, 1.54) is 6.07 Å². The van der Waals surface area contributed by atoms with Crippen molar-refractivity contribution in [3.05, 3.63) is 102 Å². The lowest BCUT2D eigenvalue weighted by atomic mass is 10.1. The first-order chi connectivity index (χ1) is 16.4. The van der Waals surface area contributed by atoms with Gasteiger partial charge in [0.25, 0.3) is 5.69 Å². The Labute approximate surface area is 209 Å². The average molecular weight is 570 g/mol. The van der Waals surface area contributed by atoms with E-state index in [1.807, 2.05) is 36.4 Å². The van der Waals surface area contributed by atoms with Crippen molar-refractivity contribution >= 4 is 46.2 Å². The molecule has 0 aromatic heterocycles. The first-order valence-corrected chi connectivity index (χ1v) is 11.3. The number of rotatable bonds is 7. The number of methoxy groups -OCH3 is 1. The summed E-state index contributed by atoms with van der Waals surface area (Å²) in [6.45, 7) is 2.02. The predicted octanol–water partition coefficient (Wildman–Crippen LogP) is 5.44. The highest BCUT2D eigenvalue weighted by Crippen LogP contribution is 2.35. The topological polar surface area (TPSA) is 100 Å². The second-order valence-electron chi connectivity index (χ2n) is 7.40. The van der Waals surface area contributed by atoms with Crippen molar-refractivity contribution in [1.29, 1.82) is 0 Å². The molecular formula is C25H19IN2O6. The minimum atomic E-state index is -0.642. The number of nitrogens with zero attached hydrogens (tertiary/aromatic N) is 2. The largest absolute Gasteiger partial charge is 0.493 e. The highest BCUT2D eigenvalue weighted by Gasteiger charge is 2.26. The molecule has 3 aromatic rings. The van der Waals surface area contributed by atoms with Gasteiger partial charge in [-0.05, 0) is 64.9 Å². The van der Waals surface area contributed by atoms with Crippen molar-refractivity contribution in [2.75, 3.05) is 7.11 Å². The van der Waals surface area contributed by atoms with E-state index in [-0.39, 0.29) is 17.3 Å². The summed E-state index contributed by atoms with van der Waals surface area (Å²) in [5.74, 6) is 0.485. The van der Waals surface area contributed by atoms with Crippen LogP contribution in [0.2, 0.25) is 0 Å². The van der Waals surface area contributed by atoms with Gasteiger partial charge in [0, 0.05) is 17.2 Å². The van der Waals surface area contributed by atoms with Crippen molar-refractivity contribution in [2.45, 2.75) is 13.5 Å². The van der Waals surface area contributed by atoms with Crippen molar-refractivity contribution < 1.29 is 23.9 Å². The van der Waals surface area contributed by atoms with Gasteiger partial charge in [0.15, 0.2) is 17.2 Å². The lowest BCUT2D eigenvalue weighted by Crippen LogP contribution is -2.06. The van der Waals surface area contributed by atoms with Crippen molar-refractivity contribution in [1.82, 2.24) is 0 Å². The predicted molar refractivity (Wildman–Crippen MR) is 135 cm³/mol. The number of benzene rings is 3. The molecule has 0 bridgehead atoms. The maximum Gasteiger partial charge on any atom is 0.363 e. The van der Waals surface area contributed by atoms with E-state index in [1.54, 1.807) is 38.3 Å². The van der Waals surface area contributed by atoms with Gasteiger partial charge in [-0.1, -0.05) is 36.4 Å². The Morgan fingerprint density at radius 1 is 1.15 bits per heavy atom. The summed E-state index contributed by atoms with van der Waals surface area (Å²) in [5, 5.41) is 11.2. The van der Waals surface area contributed by atoms with Crippen LogP contribution in [-0.2, 0) is 16.1 Å². The molecule has 0 saturated heterocycles. The Bertz CT molecular complexity index is 1330. The number of esters is 1. The summed E-state index contributed by atoms with van der Waals surface area (Å²) >= 11 is 2.15. The number of nitro benzene ring substituents is 1. The zero-order valence-corrected chi connectivity index (χ0v) is 20.4. The summed E-state index contributed by atoms with van der Waals surface area (Å²) in [6.07, 6.45) is 1.57. The average Bonchev–Trinajstić information content (AvgIpc) is 3.18. The zero-order valence-electron chi connectivity index (χ0n) is 18.3.